The zero-order chi connectivity index (χ0) is 14.5. The smallest absolute Gasteiger partial charge is 0.274 e. The first-order chi connectivity index (χ1) is 9.61. The third-order valence-electron chi connectivity index (χ3n) is 3.19. The third kappa shape index (κ3) is 3.15. The van der Waals surface area contributed by atoms with E-state index < -0.39 is 0 Å². The third-order valence-corrected chi connectivity index (χ3v) is 3.19. The van der Waals surface area contributed by atoms with Gasteiger partial charge in [-0.3, -0.25) is 4.79 Å². The molecular formula is C16H19N3O. The van der Waals surface area contributed by atoms with Crippen LogP contribution in [-0.2, 0) is 0 Å². The van der Waals surface area contributed by atoms with Gasteiger partial charge in [0.1, 0.15) is 11.5 Å². The summed E-state index contributed by atoms with van der Waals surface area (Å²) in [5.41, 5.74) is 3.45. The highest BCUT2D eigenvalue weighted by molar-refractivity contribution is 6.03. The van der Waals surface area contributed by atoms with Crippen LogP contribution < -0.4 is 10.6 Å². The Morgan fingerprint density at radius 3 is 2.65 bits per heavy atom. The fourth-order valence-electron chi connectivity index (χ4n) is 1.91. The molecule has 20 heavy (non-hydrogen) atoms. The summed E-state index contributed by atoms with van der Waals surface area (Å²) in [6.45, 7) is 6.78. The van der Waals surface area contributed by atoms with Crippen molar-refractivity contribution in [3.8, 4) is 0 Å². The summed E-state index contributed by atoms with van der Waals surface area (Å²) in [7, 11) is 0. The maximum atomic E-state index is 12.2. The van der Waals surface area contributed by atoms with Crippen LogP contribution >= 0.6 is 0 Å². The van der Waals surface area contributed by atoms with E-state index in [0.29, 0.717) is 11.5 Å². The summed E-state index contributed by atoms with van der Waals surface area (Å²) >= 11 is 0. The minimum atomic E-state index is -0.196. The Kier molecular flexibility index (Phi) is 4.35. The number of anilines is 2. The average Bonchev–Trinajstić information content (AvgIpc) is 2.44. The Morgan fingerprint density at radius 2 is 1.90 bits per heavy atom. The molecule has 1 amide bonds. The van der Waals surface area contributed by atoms with E-state index in [1.807, 2.05) is 51.1 Å². The number of nitrogens with zero attached hydrogens (tertiary/aromatic N) is 1. The monoisotopic (exact) mass is 269 g/mol. The summed E-state index contributed by atoms with van der Waals surface area (Å²) in [6, 6.07) is 11.2. The lowest BCUT2D eigenvalue weighted by Crippen LogP contribution is -2.15. The molecule has 1 heterocycles. The number of amides is 1. The van der Waals surface area contributed by atoms with Gasteiger partial charge in [-0.2, -0.15) is 0 Å². The van der Waals surface area contributed by atoms with E-state index in [9.17, 15) is 4.79 Å². The van der Waals surface area contributed by atoms with Crippen LogP contribution in [0.4, 0.5) is 11.5 Å². The fourth-order valence-corrected chi connectivity index (χ4v) is 1.91. The number of nitrogens with one attached hydrogen (secondary N) is 2. The van der Waals surface area contributed by atoms with Gasteiger partial charge in [0.2, 0.25) is 0 Å². The summed E-state index contributed by atoms with van der Waals surface area (Å²) in [5, 5.41) is 6.00. The van der Waals surface area contributed by atoms with Crippen molar-refractivity contribution < 1.29 is 4.79 Å². The van der Waals surface area contributed by atoms with E-state index in [-0.39, 0.29) is 5.91 Å². The van der Waals surface area contributed by atoms with Crippen LogP contribution in [-0.4, -0.2) is 17.4 Å². The second-order valence-electron chi connectivity index (χ2n) is 4.64. The Balaban J connectivity index is 2.19. The Bertz CT molecular complexity index is 623. The molecule has 0 radical (unpaired) electrons. The first kappa shape index (κ1) is 14.1. The number of carbonyl (C=O) groups is 1. The lowest BCUT2D eigenvalue weighted by atomic mass is 10.1. The van der Waals surface area contributed by atoms with Gasteiger partial charge in [0, 0.05) is 12.2 Å². The molecule has 0 unspecified atom stereocenters. The van der Waals surface area contributed by atoms with Gasteiger partial charge in [-0.25, -0.2) is 4.98 Å². The van der Waals surface area contributed by atoms with Gasteiger partial charge in [0.05, 0.1) is 0 Å². The molecule has 0 aliphatic carbocycles. The van der Waals surface area contributed by atoms with Gasteiger partial charge < -0.3 is 10.6 Å². The first-order valence-electron chi connectivity index (χ1n) is 6.70. The van der Waals surface area contributed by atoms with E-state index in [2.05, 4.69) is 15.6 Å². The van der Waals surface area contributed by atoms with Gasteiger partial charge in [-0.1, -0.05) is 18.2 Å². The number of hydrogen-bond donors (Lipinski definition) is 2. The number of aryl methyl sites for hydroxylation is 1. The van der Waals surface area contributed by atoms with Crippen LogP contribution in [0, 0.1) is 13.8 Å². The topological polar surface area (TPSA) is 54.0 Å². The molecular weight excluding hydrogens is 250 g/mol. The second-order valence-corrected chi connectivity index (χ2v) is 4.64. The van der Waals surface area contributed by atoms with E-state index >= 15 is 0 Å². The van der Waals surface area contributed by atoms with Crippen molar-refractivity contribution in [3.63, 3.8) is 0 Å². The molecule has 0 saturated heterocycles. The highest BCUT2D eigenvalue weighted by atomic mass is 16.1. The molecule has 0 aliphatic heterocycles. The molecule has 1 aromatic carbocycles. The number of pyridine rings is 1. The number of hydrogen-bond acceptors (Lipinski definition) is 3. The van der Waals surface area contributed by atoms with E-state index in [4.69, 9.17) is 0 Å². The number of benzene rings is 1. The zero-order valence-electron chi connectivity index (χ0n) is 12.0. The quantitative estimate of drug-likeness (QED) is 0.894. The molecule has 2 aromatic rings. The van der Waals surface area contributed by atoms with Crippen LogP contribution in [0.3, 0.4) is 0 Å². The first-order valence-corrected chi connectivity index (χ1v) is 6.70. The lowest BCUT2D eigenvalue weighted by molar-refractivity contribution is 0.102. The average molecular weight is 269 g/mol. The molecule has 4 heteroatoms. The zero-order valence-corrected chi connectivity index (χ0v) is 12.0. The molecule has 0 atom stereocenters. The predicted octanol–water partition coefficient (Wildman–Crippen LogP) is 3.38. The Hall–Kier alpha value is -2.36. The van der Waals surface area contributed by atoms with Crippen molar-refractivity contribution in [3.05, 3.63) is 53.2 Å². The van der Waals surface area contributed by atoms with Crippen molar-refractivity contribution in [1.29, 1.82) is 0 Å². The Morgan fingerprint density at radius 1 is 1.15 bits per heavy atom. The predicted molar refractivity (Wildman–Crippen MR) is 82.3 cm³/mol. The summed E-state index contributed by atoms with van der Waals surface area (Å²) in [5.74, 6) is 0.513. The van der Waals surface area contributed by atoms with Crippen LogP contribution in [0.25, 0.3) is 0 Å². The van der Waals surface area contributed by atoms with Gasteiger partial charge in [-0.15, -0.1) is 0 Å². The second kappa shape index (κ2) is 6.19. The standard InChI is InChI=1S/C16H19N3O/c1-4-17-15-10-6-9-14(18-15)16(20)19-13-8-5-7-11(2)12(13)3/h5-10H,4H2,1-3H3,(H,17,18)(H,19,20). The fraction of sp³-hybridized carbons (Fsp3) is 0.250. The van der Waals surface area contributed by atoms with Gasteiger partial charge in [-0.05, 0) is 50.1 Å². The van der Waals surface area contributed by atoms with Crippen molar-refractivity contribution in [2.45, 2.75) is 20.8 Å². The van der Waals surface area contributed by atoms with E-state index in [0.717, 1.165) is 23.4 Å². The minimum absolute atomic E-state index is 0.196. The molecule has 2 N–H and O–H groups in total. The maximum Gasteiger partial charge on any atom is 0.274 e. The molecule has 2 rings (SSSR count). The molecule has 0 fully saturated rings. The molecule has 0 saturated carbocycles. The molecule has 4 nitrogen and oxygen atoms in total. The number of rotatable bonds is 4. The molecule has 0 bridgehead atoms. The lowest BCUT2D eigenvalue weighted by Gasteiger charge is -2.10. The maximum absolute atomic E-state index is 12.2. The molecule has 1 aromatic heterocycles. The van der Waals surface area contributed by atoms with Crippen molar-refractivity contribution in [1.82, 2.24) is 4.98 Å². The Labute approximate surface area is 119 Å². The van der Waals surface area contributed by atoms with Gasteiger partial charge in [0.25, 0.3) is 5.91 Å². The van der Waals surface area contributed by atoms with Crippen LogP contribution in [0.2, 0.25) is 0 Å². The minimum Gasteiger partial charge on any atom is -0.370 e. The molecule has 0 spiro atoms. The highest BCUT2D eigenvalue weighted by Crippen LogP contribution is 2.18. The molecule has 0 aliphatic rings. The molecule has 104 valence electrons. The summed E-state index contributed by atoms with van der Waals surface area (Å²) < 4.78 is 0. The van der Waals surface area contributed by atoms with Gasteiger partial charge >= 0.3 is 0 Å². The summed E-state index contributed by atoms with van der Waals surface area (Å²) in [6.07, 6.45) is 0. The SMILES string of the molecule is CCNc1cccc(C(=O)Nc2cccc(C)c2C)n1. The largest absolute Gasteiger partial charge is 0.370 e. The highest BCUT2D eigenvalue weighted by Gasteiger charge is 2.10. The van der Waals surface area contributed by atoms with Gasteiger partial charge in [0.15, 0.2) is 0 Å². The van der Waals surface area contributed by atoms with Crippen molar-refractivity contribution >= 4 is 17.4 Å². The number of aromatic nitrogens is 1. The van der Waals surface area contributed by atoms with E-state index in [1.54, 1.807) is 6.07 Å². The normalized spacial score (nSPS) is 10.2. The van der Waals surface area contributed by atoms with Crippen molar-refractivity contribution in [2.24, 2.45) is 0 Å². The van der Waals surface area contributed by atoms with E-state index in [1.165, 1.54) is 0 Å². The van der Waals surface area contributed by atoms with Crippen LogP contribution in [0.1, 0.15) is 28.5 Å². The van der Waals surface area contributed by atoms with Crippen LogP contribution in [0.15, 0.2) is 36.4 Å². The van der Waals surface area contributed by atoms with Crippen LogP contribution in [0.5, 0.6) is 0 Å². The van der Waals surface area contributed by atoms with Crippen molar-refractivity contribution in [2.75, 3.05) is 17.2 Å². The summed E-state index contributed by atoms with van der Waals surface area (Å²) in [4.78, 5) is 16.5. The number of carbonyl (C=O) groups excluding carboxylic acids is 1.